The zero-order valence-electron chi connectivity index (χ0n) is 13.2. The maximum Gasteiger partial charge on any atom is 0.417 e. The van der Waals surface area contributed by atoms with Crippen molar-refractivity contribution >= 4 is 23.2 Å². The number of nitrogens with zero attached hydrogens (tertiary/aromatic N) is 1. The minimum absolute atomic E-state index is 0.314. The molecule has 3 rings (SSSR count). The number of carbonyl (C=O) groups is 1. The monoisotopic (exact) mass is 376 g/mol. The van der Waals surface area contributed by atoms with Crippen LogP contribution < -0.4 is 5.32 Å². The number of rotatable bonds is 3. The Labute approximate surface area is 152 Å². The Balaban J connectivity index is 1.96. The van der Waals surface area contributed by atoms with E-state index in [0.717, 1.165) is 12.1 Å². The van der Waals surface area contributed by atoms with Gasteiger partial charge in [0.1, 0.15) is 5.15 Å². The molecule has 1 aromatic heterocycles. The summed E-state index contributed by atoms with van der Waals surface area (Å²) in [5, 5.41) is 2.87. The van der Waals surface area contributed by atoms with Gasteiger partial charge in [0.15, 0.2) is 0 Å². The highest BCUT2D eigenvalue weighted by atomic mass is 35.5. The number of anilines is 1. The zero-order valence-corrected chi connectivity index (χ0v) is 14.0. The Kier molecular flexibility index (Phi) is 4.95. The first-order chi connectivity index (χ1) is 12.4. The number of amides is 1. The Morgan fingerprint density at radius 1 is 0.962 bits per heavy atom. The van der Waals surface area contributed by atoms with E-state index in [1.165, 1.54) is 18.3 Å². The second-order valence-corrected chi connectivity index (χ2v) is 5.80. The lowest BCUT2D eigenvalue weighted by Gasteiger charge is -2.14. The smallest absolute Gasteiger partial charge is 0.321 e. The van der Waals surface area contributed by atoms with Crippen LogP contribution in [-0.2, 0) is 6.18 Å². The summed E-state index contributed by atoms with van der Waals surface area (Å²) < 4.78 is 39.4. The molecule has 0 aliphatic rings. The van der Waals surface area contributed by atoms with Gasteiger partial charge in [0.05, 0.1) is 11.1 Å². The largest absolute Gasteiger partial charge is 0.417 e. The van der Waals surface area contributed by atoms with E-state index in [4.69, 9.17) is 11.6 Å². The van der Waals surface area contributed by atoms with Crippen LogP contribution in [0, 0.1) is 0 Å². The fourth-order valence-electron chi connectivity index (χ4n) is 2.50. The molecule has 1 N–H and O–H groups in total. The molecule has 0 fully saturated rings. The van der Waals surface area contributed by atoms with Crippen LogP contribution in [0.4, 0.5) is 18.9 Å². The number of carbonyl (C=O) groups excluding carboxylic acids is 1. The summed E-state index contributed by atoms with van der Waals surface area (Å²) in [6, 6.07) is 14.7. The van der Waals surface area contributed by atoms with E-state index in [1.807, 2.05) is 0 Å². The van der Waals surface area contributed by atoms with Gasteiger partial charge in [-0.2, -0.15) is 13.2 Å². The predicted octanol–water partition coefficient (Wildman–Crippen LogP) is 5.67. The molecule has 7 heteroatoms. The highest BCUT2D eigenvalue weighted by Crippen LogP contribution is 2.33. The van der Waals surface area contributed by atoms with Gasteiger partial charge in [-0.1, -0.05) is 41.9 Å². The van der Waals surface area contributed by atoms with Gasteiger partial charge in [-0.25, -0.2) is 4.98 Å². The number of hydrogen-bond donors (Lipinski definition) is 1. The lowest BCUT2D eigenvalue weighted by molar-refractivity contribution is -0.137. The summed E-state index contributed by atoms with van der Waals surface area (Å²) in [4.78, 5) is 16.5. The molecule has 132 valence electrons. The van der Waals surface area contributed by atoms with E-state index in [9.17, 15) is 18.0 Å². The molecular weight excluding hydrogens is 365 g/mol. The van der Waals surface area contributed by atoms with Crippen LogP contribution in [0.15, 0.2) is 66.9 Å². The Morgan fingerprint density at radius 3 is 2.35 bits per heavy atom. The van der Waals surface area contributed by atoms with E-state index in [2.05, 4.69) is 10.3 Å². The molecule has 0 saturated carbocycles. The number of halogens is 4. The summed E-state index contributed by atoms with van der Waals surface area (Å²) in [5.41, 5.74) is 0.245. The molecule has 3 aromatic rings. The maximum absolute atomic E-state index is 13.1. The van der Waals surface area contributed by atoms with Gasteiger partial charge >= 0.3 is 6.18 Å². The molecule has 0 aliphatic carbocycles. The van der Waals surface area contributed by atoms with Crippen LogP contribution in [0.3, 0.4) is 0 Å². The lowest BCUT2D eigenvalue weighted by Crippen LogP contribution is -2.19. The molecule has 0 aliphatic heterocycles. The normalized spacial score (nSPS) is 11.2. The van der Waals surface area contributed by atoms with Crippen molar-refractivity contribution in [3.05, 3.63) is 83.1 Å². The first kappa shape index (κ1) is 17.9. The van der Waals surface area contributed by atoms with Crippen molar-refractivity contribution < 1.29 is 18.0 Å². The van der Waals surface area contributed by atoms with Gasteiger partial charge in [-0.3, -0.25) is 4.79 Å². The van der Waals surface area contributed by atoms with Gasteiger partial charge in [0.2, 0.25) is 0 Å². The second kappa shape index (κ2) is 7.17. The van der Waals surface area contributed by atoms with Crippen molar-refractivity contribution in [3.8, 4) is 11.1 Å². The third kappa shape index (κ3) is 3.86. The summed E-state index contributed by atoms with van der Waals surface area (Å²) in [7, 11) is 0. The number of nitrogens with one attached hydrogen (secondary N) is 1. The molecule has 2 aromatic carbocycles. The molecule has 0 radical (unpaired) electrons. The summed E-state index contributed by atoms with van der Waals surface area (Å²) in [5.74, 6) is -0.840. The number of hydrogen-bond acceptors (Lipinski definition) is 2. The van der Waals surface area contributed by atoms with Crippen LogP contribution in [0.25, 0.3) is 11.1 Å². The Bertz CT molecular complexity index is 940. The maximum atomic E-state index is 13.1. The van der Waals surface area contributed by atoms with Gasteiger partial charge in [0.25, 0.3) is 5.91 Å². The van der Waals surface area contributed by atoms with Crippen molar-refractivity contribution in [2.24, 2.45) is 0 Å². The molecule has 0 saturated heterocycles. The van der Waals surface area contributed by atoms with Crippen molar-refractivity contribution in [2.75, 3.05) is 5.32 Å². The molecule has 26 heavy (non-hydrogen) atoms. The van der Waals surface area contributed by atoms with Crippen LogP contribution in [0.2, 0.25) is 5.15 Å². The molecule has 0 spiro atoms. The highest BCUT2D eigenvalue weighted by Gasteiger charge is 2.34. The van der Waals surface area contributed by atoms with E-state index < -0.39 is 23.2 Å². The first-order valence-corrected chi connectivity index (χ1v) is 7.92. The molecule has 1 heterocycles. The standard InChI is InChI=1S/C19H12ClF3N2O/c20-17-10-9-12(11-24-17)13-5-2-4-8-16(13)25-18(26)14-6-1-3-7-15(14)19(21,22)23/h1-11H,(H,25,26). The van der Waals surface area contributed by atoms with Gasteiger partial charge in [-0.15, -0.1) is 0 Å². The molecule has 0 unspecified atom stereocenters. The minimum atomic E-state index is -4.62. The average molecular weight is 377 g/mol. The summed E-state index contributed by atoms with van der Waals surface area (Å²) >= 11 is 5.78. The van der Waals surface area contributed by atoms with Crippen LogP contribution >= 0.6 is 11.6 Å². The number of para-hydroxylation sites is 1. The predicted molar refractivity (Wildman–Crippen MR) is 94.1 cm³/mol. The van der Waals surface area contributed by atoms with E-state index in [1.54, 1.807) is 36.4 Å². The quantitative estimate of drug-likeness (QED) is 0.598. The topological polar surface area (TPSA) is 42.0 Å². The molecule has 1 amide bonds. The SMILES string of the molecule is O=C(Nc1ccccc1-c1ccc(Cl)nc1)c1ccccc1C(F)(F)F. The zero-order chi connectivity index (χ0) is 18.7. The van der Waals surface area contributed by atoms with Gasteiger partial charge < -0.3 is 5.32 Å². The fraction of sp³-hybridized carbons (Fsp3) is 0.0526. The van der Waals surface area contributed by atoms with Crippen LogP contribution in [0.1, 0.15) is 15.9 Å². The summed E-state index contributed by atoms with van der Waals surface area (Å²) in [6.45, 7) is 0. The van der Waals surface area contributed by atoms with E-state index in [0.29, 0.717) is 22.0 Å². The number of alkyl halides is 3. The molecular formula is C19H12ClF3N2O. The van der Waals surface area contributed by atoms with Crippen molar-refractivity contribution in [2.45, 2.75) is 6.18 Å². The van der Waals surface area contributed by atoms with E-state index >= 15 is 0 Å². The number of benzene rings is 2. The summed E-state index contributed by atoms with van der Waals surface area (Å²) in [6.07, 6.45) is -3.09. The molecule has 3 nitrogen and oxygen atoms in total. The minimum Gasteiger partial charge on any atom is -0.321 e. The van der Waals surface area contributed by atoms with Crippen molar-refractivity contribution in [3.63, 3.8) is 0 Å². The van der Waals surface area contributed by atoms with Gasteiger partial charge in [0, 0.05) is 23.0 Å². The Morgan fingerprint density at radius 2 is 1.65 bits per heavy atom. The van der Waals surface area contributed by atoms with Crippen molar-refractivity contribution in [1.29, 1.82) is 0 Å². The second-order valence-electron chi connectivity index (χ2n) is 5.41. The fourth-order valence-corrected chi connectivity index (χ4v) is 2.61. The van der Waals surface area contributed by atoms with Crippen LogP contribution in [0.5, 0.6) is 0 Å². The molecule has 0 bridgehead atoms. The molecule has 0 atom stereocenters. The lowest BCUT2D eigenvalue weighted by atomic mass is 10.0. The Hall–Kier alpha value is -2.86. The number of aromatic nitrogens is 1. The number of pyridine rings is 1. The van der Waals surface area contributed by atoms with E-state index in [-0.39, 0.29) is 0 Å². The van der Waals surface area contributed by atoms with Crippen LogP contribution in [-0.4, -0.2) is 10.9 Å². The third-order valence-corrected chi connectivity index (χ3v) is 3.91. The third-order valence-electron chi connectivity index (χ3n) is 3.69. The van der Waals surface area contributed by atoms with Crippen molar-refractivity contribution in [1.82, 2.24) is 4.98 Å². The highest BCUT2D eigenvalue weighted by molar-refractivity contribution is 6.29. The first-order valence-electron chi connectivity index (χ1n) is 7.55. The van der Waals surface area contributed by atoms with Gasteiger partial charge in [-0.05, 0) is 30.3 Å². The average Bonchev–Trinajstić information content (AvgIpc) is 2.62.